The fraction of sp³-hybridized carbons (Fsp3) is 1.00. The van der Waals surface area contributed by atoms with Crippen molar-refractivity contribution in [2.75, 3.05) is 39.9 Å². The van der Waals surface area contributed by atoms with Crippen LogP contribution in [-0.2, 0) is 4.74 Å². The Balaban J connectivity index is 1.81. The topological polar surface area (TPSA) is 24.5 Å². The Morgan fingerprint density at radius 3 is 2.53 bits per heavy atom. The highest BCUT2D eigenvalue weighted by Crippen LogP contribution is 2.28. The van der Waals surface area contributed by atoms with Crippen molar-refractivity contribution in [2.45, 2.75) is 44.6 Å². The summed E-state index contributed by atoms with van der Waals surface area (Å²) < 4.78 is 5.46. The van der Waals surface area contributed by atoms with Crippen LogP contribution in [0.2, 0.25) is 0 Å². The van der Waals surface area contributed by atoms with E-state index in [9.17, 15) is 0 Å². The molecule has 1 aliphatic carbocycles. The molecule has 1 aliphatic heterocycles. The van der Waals surface area contributed by atoms with Crippen LogP contribution in [0.1, 0.15) is 38.5 Å². The molecule has 1 saturated carbocycles. The molecule has 1 saturated heterocycles. The molecule has 0 aromatic carbocycles. The molecule has 0 spiro atoms. The number of nitrogens with zero attached hydrogens (tertiary/aromatic N) is 1. The second kappa shape index (κ2) is 7.34. The van der Waals surface area contributed by atoms with Crippen molar-refractivity contribution in [3.05, 3.63) is 0 Å². The van der Waals surface area contributed by atoms with Gasteiger partial charge in [0.05, 0.1) is 13.2 Å². The van der Waals surface area contributed by atoms with Gasteiger partial charge in [-0.05, 0) is 19.4 Å². The highest BCUT2D eigenvalue weighted by Gasteiger charge is 2.24. The summed E-state index contributed by atoms with van der Waals surface area (Å²) in [6.07, 6.45) is 8.70. The van der Waals surface area contributed by atoms with Crippen molar-refractivity contribution >= 4 is 0 Å². The van der Waals surface area contributed by atoms with E-state index in [0.717, 1.165) is 44.8 Å². The Kier molecular flexibility index (Phi) is 5.75. The zero-order chi connectivity index (χ0) is 11.9. The van der Waals surface area contributed by atoms with E-state index in [4.69, 9.17) is 4.74 Å². The fourth-order valence-electron chi connectivity index (χ4n) is 3.35. The Morgan fingerprint density at radius 1 is 1.18 bits per heavy atom. The van der Waals surface area contributed by atoms with Gasteiger partial charge in [-0.15, -0.1) is 0 Å². The quantitative estimate of drug-likeness (QED) is 0.794. The molecular formula is C14H28N2O. The van der Waals surface area contributed by atoms with Crippen molar-refractivity contribution in [1.29, 1.82) is 0 Å². The molecular weight excluding hydrogens is 212 g/mol. The van der Waals surface area contributed by atoms with Gasteiger partial charge in [0.15, 0.2) is 0 Å². The SMILES string of the molecule is CNCC(CC1CCCCC1)N1CCOCC1. The average molecular weight is 240 g/mol. The number of morpholine rings is 1. The number of hydrogen-bond donors (Lipinski definition) is 1. The van der Waals surface area contributed by atoms with Crippen LogP contribution in [0.5, 0.6) is 0 Å². The van der Waals surface area contributed by atoms with Gasteiger partial charge in [0.25, 0.3) is 0 Å². The summed E-state index contributed by atoms with van der Waals surface area (Å²) in [5.41, 5.74) is 0. The molecule has 0 aromatic heterocycles. The molecule has 1 N–H and O–H groups in total. The first-order chi connectivity index (χ1) is 8.40. The van der Waals surface area contributed by atoms with Crippen LogP contribution in [0.3, 0.4) is 0 Å². The van der Waals surface area contributed by atoms with Crippen LogP contribution >= 0.6 is 0 Å². The van der Waals surface area contributed by atoms with Gasteiger partial charge in [-0.3, -0.25) is 4.90 Å². The summed E-state index contributed by atoms with van der Waals surface area (Å²) in [6.45, 7) is 5.23. The zero-order valence-electron chi connectivity index (χ0n) is 11.3. The van der Waals surface area contributed by atoms with Crippen molar-refractivity contribution < 1.29 is 4.74 Å². The smallest absolute Gasteiger partial charge is 0.0594 e. The molecule has 0 bridgehead atoms. The minimum atomic E-state index is 0.729. The predicted molar refractivity (Wildman–Crippen MR) is 71.3 cm³/mol. The first-order valence-corrected chi connectivity index (χ1v) is 7.36. The molecule has 3 nitrogen and oxygen atoms in total. The molecule has 2 aliphatic rings. The highest BCUT2D eigenvalue weighted by atomic mass is 16.5. The third-order valence-electron chi connectivity index (χ3n) is 4.33. The minimum Gasteiger partial charge on any atom is -0.379 e. The van der Waals surface area contributed by atoms with E-state index in [1.165, 1.54) is 38.5 Å². The van der Waals surface area contributed by atoms with Crippen LogP contribution < -0.4 is 5.32 Å². The summed E-state index contributed by atoms with van der Waals surface area (Å²) in [4.78, 5) is 2.63. The van der Waals surface area contributed by atoms with Gasteiger partial charge in [-0.2, -0.15) is 0 Å². The molecule has 17 heavy (non-hydrogen) atoms. The van der Waals surface area contributed by atoms with E-state index in [1.807, 2.05) is 0 Å². The van der Waals surface area contributed by atoms with Crippen LogP contribution in [-0.4, -0.2) is 50.8 Å². The van der Waals surface area contributed by atoms with E-state index in [2.05, 4.69) is 17.3 Å². The largest absolute Gasteiger partial charge is 0.379 e. The molecule has 1 heterocycles. The van der Waals surface area contributed by atoms with Gasteiger partial charge in [0.2, 0.25) is 0 Å². The number of hydrogen-bond acceptors (Lipinski definition) is 3. The van der Waals surface area contributed by atoms with Crippen molar-refractivity contribution in [2.24, 2.45) is 5.92 Å². The standard InChI is InChI=1S/C14H28N2O/c1-15-12-14(16-7-9-17-10-8-16)11-13-5-3-2-4-6-13/h13-15H,2-12H2,1H3. The van der Waals surface area contributed by atoms with Gasteiger partial charge in [-0.1, -0.05) is 32.1 Å². The molecule has 0 radical (unpaired) electrons. The molecule has 2 fully saturated rings. The maximum Gasteiger partial charge on any atom is 0.0594 e. The highest BCUT2D eigenvalue weighted by molar-refractivity contribution is 4.80. The Hall–Kier alpha value is -0.120. The summed E-state index contributed by atoms with van der Waals surface area (Å²) in [5.74, 6) is 0.977. The summed E-state index contributed by atoms with van der Waals surface area (Å²) >= 11 is 0. The van der Waals surface area contributed by atoms with Crippen LogP contribution in [0.25, 0.3) is 0 Å². The average Bonchev–Trinajstić information content (AvgIpc) is 2.40. The lowest BCUT2D eigenvalue weighted by atomic mass is 9.84. The van der Waals surface area contributed by atoms with Gasteiger partial charge < -0.3 is 10.1 Å². The minimum absolute atomic E-state index is 0.729. The fourth-order valence-corrected chi connectivity index (χ4v) is 3.35. The third kappa shape index (κ3) is 4.23. The summed E-state index contributed by atoms with van der Waals surface area (Å²) in [6, 6.07) is 0.729. The number of ether oxygens (including phenoxy) is 1. The first-order valence-electron chi connectivity index (χ1n) is 7.36. The maximum absolute atomic E-state index is 5.46. The molecule has 1 unspecified atom stereocenters. The summed E-state index contributed by atoms with van der Waals surface area (Å²) in [5, 5.41) is 3.37. The molecule has 0 amide bonds. The molecule has 3 heteroatoms. The zero-order valence-corrected chi connectivity index (χ0v) is 11.3. The lowest BCUT2D eigenvalue weighted by molar-refractivity contribution is 0.0105. The molecule has 0 aromatic rings. The Morgan fingerprint density at radius 2 is 1.88 bits per heavy atom. The first kappa shape index (κ1) is 13.3. The third-order valence-corrected chi connectivity index (χ3v) is 4.33. The summed E-state index contributed by atoms with van der Waals surface area (Å²) in [7, 11) is 2.08. The Bertz CT molecular complexity index is 198. The number of rotatable bonds is 5. The van der Waals surface area contributed by atoms with E-state index >= 15 is 0 Å². The lowest BCUT2D eigenvalue weighted by Crippen LogP contribution is -2.48. The van der Waals surface area contributed by atoms with Crippen LogP contribution in [0.4, 0.5) is 0 Å². The van der Waals surface area contributed by atoms with E-state index in [-0.39, 0.29) is 0 Å². The number of likely N-dealkylation sites (N-methyl/N-ethyl adjacent to an activating group) is 1. The van der Waals surface area contributed by atoms with Crippen molar-refractivity contribution in [3.8, 4) is 0 Å². The predicted octanol–water partition coefficient (Wildman–Crippen LogP) is 1.88. The van der Waals surface area contributed by atoms with Crippen molar-refractivity contribution in [1.82, 2.24) is 10.2 Å². The number of nitrogens with one attached hydrogen (secondary N) is 1. The molecule has 2 rings (SSSR count). The Labute approximate surface area is 106 Å². The van der Waals surface area contributed by atoms with Crippen molar-refractivity contribution in [3.63, 3.8) is 0 Å². The maximum atomic E-state index is 5.46. The monoisotopic (exact) mass is 240 g/mol. The van der Waals surface area contributed by atoms with E-state index in [0.29, 0.717) is 0 Å². The molecule has 100 valence electrons. The van der Waals surface area contributed by atoms with Gasteiger partial charge in [-0.25, -0.2) is 0 Å². The van der Waals surface area contributed by atoms with Crippen LogP contribution in [0, 0.1) is 5.92 Å². The molecule has 1 atom stereocenters. The van der Waals surface area contributed by atoms with Gasteiger partial charge in [0, 0.05) is 25.7 Å². The van der Waals surface area contributed by atoms with E-state index in [1.54, 1.807) is 0 Å². The van der Waals surface area contributed by atoms with E-state index < -0.39 is 0 Å². The second-order valence-electron chi connectivity index (χ2n) is 5.60. The normalized spacial score (nSPS) is 25.9. The van der Waals surface area contributed by atoms with Crippen LogP contribution in [0.15, 0.2) is 0 Å². The second-order valence-corrected chi connectivity index (χ2v) is 5.60. The van der Waals surface area contributed by atoms with Gasteiger partial charge in [0.1, 0.15) is 0 Å². The lowest BCUT2D eigenvalue weighted by Gasteiger charge is -2.37. The van der Waals surface area contributed by atoms with Gasteiger partial charge >= 0.3 is 0 Å².